The molecule has 0 aliphatic carbocycles. The molecule has 0 radical (unpaired) electrons. The maximum Gasteiger partial charge on any atom is 0.258 e. The van der Waals surface area contributed by atoms with E-state index < -0.39 is 17.5 Å². The molecule has 1 aromatic carbocycles. The predicted octanol–water partition coefficient (Wildman–Crippen LogP) is 2.23. The van der Waals surface area contributed by atoms with Gasteiger partial charge in [-0.1, -0.05) is 0 Å². The Hall–Kier alpha value is -3.71. The number of nitrogens with two attached hydrogens (primary N) is 1. The Morgan fingerprint density at radius 2 is 2.09 bits per heavy atom. The van der Waals surface area contributed by atoms with Crippen LogP contribution in [-0.2, 0) is 13.5 Å². The molecule has 4 heterocycles. The van der Waals surface area contributed by atoms with E-state index in [0.29, 0.717) is 53.5 Å². The van der Waals surface area contributed by atoms with Gasteiger partial charge < -0.3 is 15.2 Å². The van der Waals surface area contributed by atoms with Crippen LogP contribution in [0.3, 0.4) is 0 Å². The average molecular weight is 435 g/mol. The zero-order valence-corrected chi connectivity index (χ0v) is 18.0. The van der Waals surface area contributed by atoms with Crippen LogP contribution in [0.1, 0.15) is 30.0 Å². The Morgan fingerprint density at radius 3 is 2.81 bits per heavy atom. The molecule has 1 saturated heterocycles. The zero-order chi connectivity index (χ0) is 22.6. The van der Waals surface area contributed by atoms with Gasteiger partial charge in [-0.3, -0.25) is 9.58 Å². The summed E-state index contributed by atoms with van der Waals surface area (Å²) in [5.41, 5.74) is 8.01. The topological polar surface area (TPSA) is 115 Å². The predicted molar refractivity (Wildman–Crippen MR) is 113 cm³/mol. The Morgan fingerprint density at radius 1 is 1.31 bits per heavy atom. The lowest BCUT2D eigenvalue weighted by Crippen LogP contribution is -2.64. The third-order valence-electron chi connectivity index (χ3n) is 5.88. The third-order valence-corrected chi connectivity index (χ3v) is 5.88. The van der Waals surface area contributed by atoms with E-state index in [4.69, 9.17) is 15.2 Å². The summed E-state index contributed by atoms with van der Waals surface area (Å²) < 4.78 is 28.2. The molecular weight excluding hydrogens is 413 g/mol. The average Bonchev–Trinajstić information content (AvgIpc) is 3.03. The summed E-state index contributed by atoms with van der Waals surface area (Å²) in [4.78, 5) is 10.9. The fourth-order valence-electron chi connectivity index (χ4n) is 4.54. The summed E-state index contributed by atoms with van der Waals surface area (Å²) in [5, 5.41) is 14.4. The largest absolute Gasteiger partial charge is 0.484 e. The molecule has 1 atom stereocenters. The Kier molecular flexibility index (Phi) is 4.53. The highest BCUT2D eigenvalue weighted by molar-refractivity contribution is 5.69. The third kappa shape index (κ3) is 3.22. The number of likely N-dealkylation sites (N-methyl/N-ethyl adjacent to an activating group) is 1. The quantitative estimate of drug-likeness (QED) is 0.572. The van der Waals surface area contributed by atoms with Crippen LogP contribution in [0.15, 0.2) is 24.4 Å². The number of benzene rings is 1. The van der Waals surface area contributed by atoms with Gasteiger partial charge in [0.1, 0.15) is 35.0 Å². The minimum absolute atomic E-state index is 0.0950. The second-order valence-electron chi connectivity index (χ2n) is 8.43. The molecule has 3 aromatic rings. The molecule has 2 bridgehead atoms. The van der Waals surface area contributed by atoms with Gasteiger partial charge in [-0.25, -0.2) is 14.4 Å². The second kappa shape index (κ2) is 7.17. The highest BCUT2D eigenvalue weighted by Crippen LogP contribution is 2.39. The standard InChI is InChI=1S/C22H22FN7O2/c1-12-14-6-13(23)4-5-18(14)32-22(10-29(2)11-22)7-15-19(17(8-24)30(3)28-15)16-9-26-20(25)21(27-16)31-12/h4-6,9,12H,7,10-11H2,1-3H3,(H2,25,26)/t12-/m1/s1. The summed E-state index contributed by atoms with van der Waals surface area (Å²) in [7, 11) is 3.71. The molecule has 9 nitrogen and oxygen atoms in total. The molecule has 0 amide bonds. The minimum Gasteiger partial charge on any atom is -0.484 e. The Bertz CT molecular complexity index is 1260. The van der Waals surface area contributed by atoms with Crippen LogP contribution in [0.5, 0.6) is 11.6 Å². The molecule has 2 aliphatic heterocycles. The van der Waals surface area contributed by atoms with Gasteiger partial charge in [-0.15, -0.1) is 0 Å². The highest BCUT2D eigenvalue weighted by Gasteiger charge is 2.46. The monoisotopic (exact) mass is 435 g/mol. The number of rotatable bonds is 0. The number of hydrogen-bond donors (Lipinski definition) is 1. The van der Waals surface area contributed by atoms with Crippen LogP contribution in [0.4, 0.5) is 10.2 Å². The van der Waals surface area contributed by atoms with Gasteiger partial charge in [0.05, 0.1) is 23.1 Å². The summed E-state index contributed by atoms with van der Waals surface area (Å²) in [6.45, 7) is 3.07. The van der Waals surface area contributed by atoms with E-state index in [-0.39, 0.29) is 11.7 Å². The van der Waals surface area contributed by atoms with Crippen LogP contribution in [-0.4, -0.2) is 50.4 Å². The number of likely N-dealkylation sites (tertiary alicyclic amines) is 1. The van der Waals surface area contributed by atoms with Crippen LogP contribution < -0.4 is 15.2 Å². The first-order valence-electron chi connectivity index (χ1n) is 10.2. The number of hydrogen-bond acceptors (Lipinski definition) is 8. The van der Waals surface area contributed by atoms with Crippen LogP contribution in [0.2, 0.25) is 0 Å². The lowest BCUT2D eigenvalue weighted by Gasteiger charge is -2.48. The molecule has 164 valence electrons. The van der Waals surface area contributed by atoms with E-state index in [1.165, 1.54) is 23.0 Å². The van der Waals surface area contributed by atoms with E-state index >= 15 is 0 Å². The van der Waals surface area contributed by atoms with E-state index in [0.717, 1.165) is 0 Å². The van der Waals surface area contributed by atoms with Crippen molar-refractivity contribution in [3.05, 3.63) is 47.2 Å². The van der Waals surface area contributed by atoms with Crippen LogP contribution in [0.25, 0.3) is 11.3 Å². The van der Waals surface area contributed by atoms with Gasteiger partial charge in [0.15, 0.2) is 5.82 Å². The lowest BCUT2D eigenvalue weighted by molar-refractivity contribution is -0.0656. The summed E-state index contributed by atoms with van der Waals surface area (Å²) in [5.74, 6) is 0.321. The van der Waals surface area contributed by atoms with Crippen molar-refractivity contribution < 1.29 is 13.9 Å². The molecule has 2 aliphatic rings. The smallest absolute Gasteiger partial charge is 0.258 e. The number of aromatic nitrogens is 4. The molecule has 0 saturated carbocycles. The van der Waals surface area contributed by atoms with Crippen molar-refractivity contribution in [2.24, 2.45) is 7.05 Å². The van der Waals surface area contributed by atoms with Crippen molar-refractivity contribution in [1.82, 2.24) is 24.6 Å². The molecular formula is C22H22FN7O2. The van der Waals surface area contributed by atoms with Gasteiger partial charge in [0.2, 0.25) is 0 Å². The number of nitriles is 1. The first-order valence-corrected chi connectivity index (χ1v) is 10.2. The van der Waals surface area contributed by atoms with Crippen molar-refractivity contribution in [3.63, 3.8) is 0 Å². The number of anilines is 1. The van der Waals surface area contributed by atoms with Gasteiger partial charge >= 0.3 is 0 Å². The number of nitrogen functional groups attached to an aromatic ring is 1. The zero-order valence-electron chi connectivity index (χ0n) is 18.0. The number of aryl methyl sites for hydroxylation is 1. The van der Waals surface area contributed by atoms with Crippen molar-refractivity contribution in [2.75, 3.05) is 25.9 Å². The SMILES string of the molecule is C[C@H]1Oc2nc(cnc2N)-c2c(nn(C)c2C#N)CC2(CN(C)C2)Oc2ccc(F)cc21. The lowest BCUT2D eigenvalue weighted by atomic mass is 9.87. The molecule has 0 unspecified atom stereocenters. The van der Waals surface area contributed by atoms with Gasteiger partial charge in [-0.2, -0.15) is 10.4 Å². The fourth-order valence-corrected chi connectivity index (χ4v) is 4.54. The number of nitrogens with zero attached hydrogens (tertiary/aromatic N) is 6. The first-order chi connectivity index (χ1) is 15.3. The molecule has 10 heteroatoms. The second-order valence-corrected chi connectivity index (χ2v) is 8.43. The normalized spacial score (nSPS) is 19.3. The van der Waals surface area contributed by atoms with Crippen molar-refractivity contribution >= 4 is 5.82 Å². The maximum atomic E-state index is 14.1. The van der Waals surface area contributed by atoms with Crippen LogP contribution >= 0.6 is 0 Å². The summed E-state index contributed by atoms with van der Waals surface area (Å²) in [6.07, 6.45) is 1.34. The van der Waals surface area contributed by atoms with E-state index in [9.17, 15) is 9.65 Å². The Labute approximate surface area is 184 Å². The van der Waals surface area contributed by atoms with Crippen LogP contribution in [0, 0.1) is 17.1 Å². The van der Waals surface area contributed by atoms with Crippen molar-refractivity contribution in [1.29, 1.82) is 5.26 Å². The van der Waals surface area contributed by atoms with E-state index in [2.05, 4.69) is 26.0 Å². The Balaban J connectivity index is 1.74. The minimum atomic E-state index is -0.606. The molecule has 32 heavy (non-hydrogen) atoms. The summed E-state index contributed by atoms with van der Waals surface area (Å²) in [6, 6.07) is 6.58. The van der Waals surface area contributed by atoms with Crippen molar-refractivity contribution in [3.8, 4) is 29.0 Å². The summed E-state index contributed by atoms with van der Waals surface area (Å²) >= 11 is 0. The molecule has 5 rings (SSSR count). The van der Waals surface area contributed by atoms with Gasteiger partial charge in [0.25, 0.3) is 5.88 Å². The number of ether oxygens (including phenoxy) is 2. The van der Waals surface area contributed by atoms with Gasteiger partial charge in [0, 0.05) is 32.1 Å². The molecule has 2 aromatic heterocycles. The molecule has 1 spiro atoms. The molecule has 2 N–H and O–H groups in total. The fraction of sp³-hybridized carbons (Fsp3) is 0.364. The number of halogens is 1. The maximum absolute atomic E-state index is 14.1. The molecule has 1 fully saturated rings. The highest BCUT2D eigenvalue weighted by atomic mass is 19.1. The van der Waals surface area contributed by atoms with E-state index in [1.54, 1.807) is 20.0 Å². The van der Waals surface area contributed by atoms with E-state index in [1.807, 2.05) is 7.05 Å². The van der Waals surface area contributed by atoms with Gasteiger partial charge in [-0.05, 0) is 32.2 Å². The number of fused-ring (bicyclic) bond motifs is 5. The van der Waals surface area contributed by atoms with Crippen molar-refractivity contribution in [2.45, 2.75) is 25.0 Å². The first kappa shape index (κ1) is 20.2.